The summed E-state index contributed by atoms with van der Waals surface area (Å²) in [6, 6.07) is 2.03. The second-order valence-corrected chi connectivity index (χ2v) is 6.33. The molecule has 0 saturated carbocycles. The van der Waals surface area contributed by atoms with Crippen LogP contribution in [0.4, 0.5) is 4.79 Å². The normalized spacial score (nSPS) is 10.9. The Morgan fingerprint density at radius 2 is 1.90 bits per heavy atom. The molecule has 120 valence electrons. The van der Waals surface area contributed by atoms with Gasteiger partial charge in [-0.15, -0.1) is 0 Å². The van der Waals surface area contributed by atoms with Crippen LogP contribution in [-0.2, 0) is 9.53 Å². The summed E-state index contributed by atoms with van der Waals surface area (Å²) < 4.78 is 5.07. The Hall–Kier alpha value is -1.77. The zero-order chi connectivity index (χ0) is 16.5. The second-order valence-electron chi connectivity index (χ2n) is 6.33. The topological polar surface area (TPSA) is 82.4 Å². The molecule has 21 heavy (non-hydrogen) atoms. The van der Waals surface area contributed by atoms with Crippen molar-refractivity contribution in [1.29, 1.82) is 5.26 Å². The molecule has 0 aliphatic rings. The average Bonchev–Trinajstić information content (AvgIpc) is 2.33. The molecule has 0 rings (SSSR count). The predicted octanol–water partition coefficient (Wildman–Crippen LogP) is 2.30. The molecule has 0 aromatic carbocycles. The number of rotatable bonds is 7. The van der Waals surface area contributed by atoms with Gasteiger partial charge in [0.1, 0.15) is 12.1 Å². The van der Waals surface area contributed by atoms with E-state index in [2.05, 4.69) is 19.2 Å². The van der Waals surface area contributed by atoms with Crippen LogP contribution in [0, 0.1) is 17.2 Å². The molecule has 1 N–H and O–H groups in total. The van der Waals surface area contributed by atoms with E-state index >= 15 is 0 Å². The largest absolute Gasteiger partial charge is 0.444 e. The van der Waals surface area contributed by atoms with Gasteiger partial charge in [0.2, 0.25) is 5.91 Å². The van der Waals surface area contributed by atoms with Gasteiger partial charge in [-0.2, -0.15) is 5.26 Å². The second kappa shape index (κ2) is 9.22. The number of nitrogens with zero attached hydrogens (tertiary/aromatic N) is 2. The van der Waals surface area contributed by atoms with Crippen LogP contribution in [0.2, 0.25) is 0 Å². The zero-order valence-corrected chi connectivity index (χ0v) is 13.7. The Kier molecular flexibility index (Phi) is 8.44. The Labute approximate surface area is 127 Å². The summed E-state index contributed by atoms with van der Waals surface area (Å²) in [5.74, 6) is 0.276. The summed E-state index contributed by atoms with van der Waals surface area (Å²) in [4.78, 5) is 25.2. The summed E-state index contributed by atoms with van der Waals surface area (Å²) in [5, 5.41) is 11.1. The fraction of sp³-hybridized carbons (Fsp3) is 0.800. The van der Waals surface area contributed by atoms with Crippen molar-refractivity contribution in [3.63, 3.8) is 0 Å². The summed E-state index contributed by atoms with van der Waals surface area (Å²) in [7, 11) is 0. The smallest absolute Gasteiger partial charge is 0.408 e. The summed E-state index contributed by atoms with van der Waals surface area (Å²) >= 11 is 0. The molecule has 0 aromatic rings. The van der Waals surface area contributed by atoms with E-state index in [0.717, 1.165) is 6.42 Å². The number of amides is 2. The first-order chi connectivity index (χ1) is 9.65. The average molecular weight is 297 g/mol. The van der Waals surface area contributed by atoms with Gasteiger partial charge in [0, 0.05) is 13.1 Å². The van der Waals surface area contributed by atoms with E-state index in [1.807, 2.05) is 6.07 Å². The van der Waals surface area contributed by atoms with Crippen molar-refractivity contribution in [3.8, 4) is 6.07 Å². The number of carbonyl (C=O) groups excluding carboxylic acids is 2. The lowest BCUT2D eigenvalue weighted by molar-refractivity contribution is -0.130. The van der Waals surface area contributed by atoms with Crippen molar-refractivity contribution in [1.82, 2.24) is 10.2 Å². The van der Waals surface area contributed by atoms with Crippen LogP contribution in [0.1, 0.15) is 47.5 Å². The lowest BCUT2D eigenvalue weighted by atomic mass is 10.1. The minimum Gasteiger partial charge on any atom is -0.444 e. The van der Waals surface area contributed by atoms with E-state index in [9.17, 15) is 9.59 Å². The van der Waals surface area contributed by atoms with Crippen LogP contribution in [0.15, 0.2) is 0 Å². The number of hydrogen-bond acceptors (Lipinski definition) is 4. The van der Waals surface area contributed by atoms with Crippen molar-refractivity contribution in [2.24, 2.45) is 5.92 Å². The van der Waals surface area contributed by atoms with Gasteiger partial charge in [-0.3, -0.25) is 4.79 Å². The highest BCUT2D eigenvalue weighted by molar-refractivity contribution is 5.82. The molecule has 0 fully saturated rings. The van der Waals surface area contributed by atoms with Crippen molar-refractivity contribution in [2.75, 3.05) is 19.6 Å². The maximum atomic E-state index is 12.1. The highest BCUT2D eigenvalue weighted by Crippen LogP contribution is 2.06. The monoisotopic (exact) mass is 297 g/mol. The zero-order valence-electron chi connectivity index (χ0n) is 13.7. The number of nitriles is 1. The van der Waals surface area contributed by atoms with Gasteiger partial charge in [-0.25, -0.2) is 4.79 Å². The molecule has 2 amide bonds. The molecule has 0 heterocycles. The lowest BCUT2D eigenvalue weighted by Crippen LogP contribution is -2.42. The third-order valence-corrected chi connectivity index (χ3v) is 2.61. The first-order valence-corrected chi connectivity index (χ1v) is 7.27. The Bertz CT molecular complexity index is 381. The van der Waals surface area contributed by atoms with Gasteiger partial charge in [-0.1, -0.05) is 13.8 Å². The number of alkyl carbamates (subject to hydrolysis) is 1. The van der Waals surface area contributed by atoms with Crippen molar-refractivity contribution in [3.05, 3.63) is 0 Å². The van der Waals surface area contributed by atoms with E-state index in [1.54, 1.807) is 25.7 Å². The van der Waals surface area contributed by atoms with Gasteiger partial charge in [-0.05, 0) is 33.1 Å². The third-order valence-electron chi connectivity index (χ3n) is 2.61. The molecular formula is C15H27N3O3. The summed E-state index contributed by atoms with van der Waals surface area (Å²) in [5.41, 5.74) is -0.592. The number of ether oxygens (including phenoxy) is 1. The number of nitrogens with one attached hydrogen (secondary N) is 1. The van der Waals surface area contributed by atoms with Gasteiger partial charge >= 0.3 is 6.09 Å². The molecule has 0 unspecified atom stereocenters. The first-order valence-electron chi connectivity index (χ1n) is 7.27. The molecule has 0 aliphatic carbocycles. The standard InChI is InChI=1S/C15H27N3O3/c1-12(2)7-10-18(9-6-8-16)13(19)11-17-14(20)21-15(3,4)5/h12H,6-7,9-11H2,1-5H3,(H,17,20). The molecule has 0 radical (unpaired) electrons. The maximum absolute atomic E-state index is 12.1. The Balaban J connectivity index is 4.33. The highest BCUT2D eigenvalue weighted by atomic mass is 16.6. The molecule has 6 nitrogen and oxygen atoms in total. The first kappa shape index (κ1) is 19.2. The van der Waals surface area contributed by atoms with Crippen LogP contribution in [-0.4, -0.2) is 42.1 Å². The fourth-order valence-electron chi connectivity index (χ4n) is 1.53. The molecule has 0 spiro atoms. The van der Waals surface area contributed by atoms with E-state index in [1.165, 1.54) is 0 Å². The quantitative estimate of drug-likeness (QED) is 0.781. The molecule has 0 aromatic heterocycles. The maximum Gasteiger partial charge on any atom is 0.408 e. The lowest BCUT2D eigenvalue weighted by Gasteiger charge is -2.24. The van der Waals surface area contributed by atoms with Crippen LogP contribution < -0.4 is 5.32 Å². The van der Waals surface area contributed by atoms with Crippen LogP contribution in [0.25, 0.3) is 0 Å². The van der Waals surface area contributed by atoms with Gasteiger partial charge in [0.15, 0.2) is 0 Å². The summed E-state index contributed by atoms with van der Waals surface area (Å²) in [6.45, 7) is 10.3. The van der Waals surface area contributed by atoms with Crippen molar-refractivity contribution >= 4 is 12.0 Å². The van der Waals surface area contributed by atoms with Gasteiger partial charge in [0.25, 0.3) is 0 Å². The van der Waals surface area contributed by atoms with E-state index in [0.29, 0.717) is 19.0 Å². The minimum absolute atomic E-state index is 0.113. The van der Waals surface area contributed by atoms with Crippen LogP contribution >= 0.6 is 0 Å². The number of hydrogen-bond donors (Lipinski definition) is 1. The highest BCUT2D eigenvalue weighted by Gasteiger charge is 2.18. The van der Waals surface area contributed by atoms with Crippen molar-refractivity contribution in [2.45, 2.75) is 53.1 Å². The predicted molar refractivity (Wildman–Crippen MR) is 80.5 cm³/mol. The van der Waals surface area contributed by atoms with Gasteiger partial charge < -0.3 is 15.0 Å². The number of carbonyl (C=O) groups is 2. The molecule has 0 saturated heterocycles. The summed E-state index contributed by atoms with van der Waals surface area (Å²) in [6.07, 6.45) is 0.541. The molecule has 0 atom stereocenters. The van der Waals surface area contributed by atoms with E-state index in [4.69, 9.17) is 10.00 Å². The molecule has 0 aliphatic heterocycles. The van der Waals surface area contributed by atoms with Crippen LogP contribution in [0.3, 0.4) is 0 Å². The molecule has 6 heteroatoms. The SMILES string of the molecule is CC(C)CCN(CCC#N)C(=O)CNC(=O)OC(C)(C)C. The Morgan fingerprint density at radius 1 is 1.29 bits per heavy atom. The van der Waals surface area contributed by atoms with E-state index < -0.39 is 11.7 Å². The molecule has 0 bridgehead atoms. The fourth-order valence-corrected chi connectivity index (χ4v) is 1.53. The Morgan fingerprint density at radius 3 is 2.38 bits per heavy atom. The minimum atomic E-state index is -0.611. The van der Waals surface area contributed by atoms with Gasteiger partial charge in [0.05, 0.1) is 12.5 Å². The van der Waals surface area contributed by atoms with E-state index in [-0.39, 0.29) is 18.9 Å². The van der Waals surface area contributed by atoms with Crippen LogP contribution in [0.5, 0.6) is 0 Å². The third kappa shape index (κ3) is 10.7. The molecular weight excluding hydrogens is 270 g/mol. The van der Waals surface area contributed by atoms with Crippen molar-refractivity contribution < 1.29 is 14.3 Å².